The Labute approximate surface area is 159 Å². The van der Waals surface area contributed by atoms with Gasteiger partial charge in [0.05, 0.1) is 30.7 Å². The summed E-state index contributed by atoms with van der Waals surface area (Å²) in [6, 6.07) is 8.25. The molecule has 1 fully saturated rings. The number of rotatable bonds is 3. The van der Waals surface area contributed by atoms with E-state index < -0.39 is 0 Å². The van der Waals surface area contributed by atoms with Crippen molar-refractivity contribution in [3.63, 3.8) is 0 Å². The minimum atomic E-state index is 0.737. The molecule has 2 aromatic rings. The van der Waals surface area contributed by atoms with Crippen LogP contribution in [0.3, 0.4) is 0 Å². The van der Waals surface area contributed by atoms with Crippen LogP contribution in [-0.2, 0) is 13.0 Å². The monoisotopic (exact) mass is 401 g/mol. The fourth-order valence-corrected chi connectivity index (χ4v) is 6.43. The van der Waals surface area contributed by atoms with Gasteiger partial charge in [0.2, 0.25) is 0 Å². The molecule has 1 saturated carbocycles. The number of hydrogen-bond donors (Lipinski definition) is 1. The third kappa shape index (κ3) is 2.70. The number of hydrogen-bond acceptors (Lipinski definition) is 0. The van der Waals surface area contributed by atoms with E-state index in [9.17, 15) is 0 Å². The van der Waals surface area contributed by atoms with Crippen molar-refractivity contribution in [2.75, 3.05) is 18.4 Å². The van der Waals surface area contributed by atoms with Crippen LogP contribution < -0.4 is 4.90 Å². The molecule has 2 nitrogen and oxygen atoms in total. The van der Waals surface area contributed by atoms with Gasteiger partial charge in [0.1, 0.15) is 6.04 Å². The van der Waals surface area contributed by atoms with Crippen molar-refractivity contribution in [3.05, 3.63) is 35.0 Å². The van der Waals surface area contributed by atoms with Gasteiger partial charge in [-0.1, -0.05) is 41.3 Å². The number of alkyl halides is 1. The molecule has 0 amide bonds. The van der Waals surface area contributed by atoms with Gasteiger partial charge in [-0.2, -0.15) is 0 Å². The van der Waals surface area contributed by atoms with E-state index in [2.05, 4.69) is 38.7 Å². The highest BCUT2D eigenvalue weighted by Crippen LogP contribution is 2.40. The maximum Gasteiger partial charge on any atom is 0.129 e. The Morgan fingerprint density at radius 2 is 1.96 bits per heavy atom. The Kier molecular flexibility index (Phi) is 4.41. The minimum Gasteiger partial charge on any atom is -0.334 e. The first-order valence-corrected chi connectivity index (χ1v) is 11.5. The van der Waals surface area contributed by atoms with Crippen molar-refractivity contribution in [2.45, 2.75) is 69.9 Å². The zero-order valence-electron chi connectivity index (χ0n) is 15.2. The first-order valence-electron chi connectivity index (χ1n) is 10.4. The third-order valence-electron chi connectivity index (χ3n) is 7.13. The van der Waals surface area contributed by atoms with Crippen molar-refractivity contribution < 1.29 is 4.90 Å². The number of quaternary nitrogens is 1. The second kappa shape index (κ2) is 6.74. The molecule has 1 N–H and O–H groups in total. The predicted octanol–water partition coefficient (Wildman–Crippen LogP) is 4.36. The van der Waals surface area contributed by atoms with Crippen molar-refractivity contribution in [1.29, 1.82) is 0 Å². The molecule has 2 aliphatic carbocycles. The molecule has 134 valence electrons. The average molecular weight is 402 g/mol. The fraction of sp³-hybridized carbons (Fsp3) is 0.636. The van der Waals surface area contributed by atoms with E-state index >= 15 is 0 Å². The molecule has 3 heteroatoms. The molecule has 1 aliphatic heterocycles. The highest BCUT2D eigenvalue weighted by atomic mass is 79.9. The largest absolute Gasteiger partial charge is 0.334 e. The number of aryl methyl sites for hydroxylation is 1. The van der Waals surface area contributed by atoms with Crippen LogP contribution in [0.4, 0.5) is 0 Å². The number of fused-ring (bicyclic) bond motifs is 3. The Hall–Kier alpha value is -0.800. The Bertz CT molecular complexity index is 772. The summed E-state index contributed by atoms with van der Waals surface area (Å²) in [6.45, 7) is 3.75. The van der Waals surface area contributed by atoms with E-state index in [0.29, 0.717) is 0 Å². The standard InChI is InChI=1S/C22H29BrN2/c23-11-12-24-13-14-25-20-10-9-17(16-5-2-1-3-6-16)15-19(20)18-7-4-8-21(24)22(18)25/h9-10,15-16,21H,1-8,11-14H2/p+1. The first kappa shape index (κ1) is 16.4. The quantitative estimate of drug-likeness (QED) is 0.731. The second-order valence-electron chi connectivity index (χ2n) is 8.42. The zero-order chi connectivity index (χ0) is 16.8. The van der Waals surface area contributed by atoms with E-state index in [-0.39, 0.29) is 0 Å². The van der Waals surface area contributed by atoms with E-state index in [1.54, 1.807) is 27.1 Å². The molecule has 2 heterocycles. The van der Waals surface area contributed by atoms with Crippen LogP contribution in [0.2, 0.25) is 0 Å². The summed E-state index contributed by atoms with van der Waals surface area (Å²) in [6.07, 6.45) is 11.1. The lowest BCUT2D eigenvalue weighted by Crippen LogP contribution is -3.14. The molecule has 0 radical (unpaired) electrons. The van der Waals surface area contributed by atoms with Crippen LogP contribution in [0.25, 0.3) is 10.9 Å². The number of nitrogens with one attached hydrogen (secondary N) is 1. The first-order chi connectivity index (χ1) is 12.4. The van der Waals surface area contributed by atoms with Crippen LogP contribution in [0.5, 0.6) is 0 Å². The Morgan fingerprint density at radius 3 is 2.80 bits per heavy atom. The SMILES string of the molecule is BrCC[NH+]1CCn2c3c(c4cc(C5CCCCC5)ccc42)CCCC31. The fourth-order valence-electron chi connectivity index (χ4n) is 5.92. The van der Waals surface area contributed by atoms with Gasteiger partial charge in [0, 0.05) is 17.3 Å². The van der Waals surface area contributed by atoms with Crippen molar-refractivity contribution >= 4 is 26.8 Å². The summed E-state index contributed by atoms with van der Waals surface area (Å²) < 4.78 is 2.69. The summed E-state index contributed by atoms with van der Waals surface area (Å²) in [5.74, 6) is 0.817. The lowest BCUT2D eigenvalue weighted by atomic mass is 9.83. The molecule has 0 saturated heterocycles. The molecule has 1 aromatic carbocycles. The highest BCUT2D eigenvalue weighted by molar-refractivity contribution is 9.09. The third-order valence-corrected chi connectivity index (χ3v) is 7.52. The summed E-state index contributed by atoms with van der Waals surface area (Å²) in [5.41, 5.74) is 6.55. The predicted molar refractivity (Wildman–Crippen MR) is 108 cm³/mol. The number of nitrogens with zero attached hydrogens (tertiary/aromatic N) is 1. The summed E-state index contributed by atoms with van der Waals surface area (Å²) in [5, 5.41) is 2.73. The van der Waals surface area contributed by atoms with Gasteiger partial charge >= 0.3 is 0 Å². The van der Waals surface area contributed by atoms with E-state index in [4.69, 9.17) is 0 Å². The number of halogens is 1. The van der Waals surface area contributed by atoms with Gasteiger partial charge in [-0.15, -0.1) is 0 Å². The van der Waals surface area contributed by atoms with E-state index in [1.165, 1.54) is 76.5 Å². The molecular weight excluding hydrogens is 372 g/mol. The van der Waals surface area contributed by atoms with Crippen LogP contribution >= 0.6 is 15.9 Å². The molecule has 2 atom stereocenters. The van der Waals surface area contributed by atoms with Crippen LogP contribution in [0, 0.1) is 0 Å². The van der Waals surface area contributed by atoms with E-state index in [0.717, 1.165) is 17.3 Å². The summed E-state index contributed by atoms with van der Waals surface area (Å²) in [7, 11) is 0. The molecule has 1 aromatic heterocycles. The normalized spacial score (nSPS) is 26.8. The molecule has 25 heavy (non-hydrogen) atoms. The van der Waals surface area contributed by atoms with Gasteiger partial charge in [-0.05, 0) is 54.9 Å². The zero-order valence-corrected chi connectivity index (χ0v) is 16.8. The summed E-state index contributed by atoms with van der Waals surface area (Å²) >= 11 is 3.68. The topological polar surface area (TPSA) is 9.37 Å². The average Bonchev–Trinajstić information content (AvgIpc) is 3.00. The van der Waals surface area contributed by atoms with E-state index in [1.807, 2.05) is 0 Å². The lowest BCUT2D eigenvalue weighted by Gasteiger charge is -2.36. The van der Waals surface area contributed by atoms with Crippen molar-refractivity contribution in [1.82, 2.24) is 4.57 Å². The molecule has 0 spiro atoms. The number of benzene rings is 1. The van der Waals surface area contributed by atoms with Gasteiger partial charge in [-0.3, -0.25) is 0 Å². The van der Waals surface area contributed by atoms with Crippen LogP contribution in [-0.4, -0.2) is 23.0 Å². The maximum absolute atomic E-state index is 3.68. The molecule has 5 rings (SSSR count). The van der Waals surface area contributed by atoms with Crippen molar-refractivity contribution in [2.24, 2.45) is 0 Å². The maximum atomic E-state index is 3.68. The molecule has 0 bridgehead atoms. The molecule has 3 aliphatic rings. The summed E-state index contributed by atoms with van der Waals surface area (Å²) in [4.78, 5) is 1.81. The lowest BCUT2D eigenvalue weighted by molar-refractivity contribution is -0.934. The van der Waals surface area contributed by atoms with Crippen LogP contribution in [0.15, 0.2) is 18.2 Å². The van der Waals surface area contributed by atoms with Crippen LogP contribution in [0.1, 0.15) is 73.7 Å². The molecular formula is C22H30BrN2+. The van der Waals surface area contributed by atoms with Crippen molar-refractivity contribution in [3.8, 4) is 0 Å². The van der Waals surface area contributed by atoms with Gasteiger partial charge in [0.15, 0.2) is 0 Å². The molecule has 2 unspecified atom stereocenters. The smallest absolute Gasteiger partial charge is 0.129 e. The minimum absolute atomic E-state index is 0.737. The van der Waals surface area contributed by atoms with Gasteiger partial charge in [0.25, 0.3) is 0 Å². The second-order valence-corrected chi connectivity index (χ2v) is 9.21. The van der Waals surface area contributed by atoms with Gasteiger partial charge in [-0.25, -0.2) is 0 Å². The Balaban J connectivity index is 1.60. The number of aromatic nitrogens is 1. The van der Waals surface area contributed by atoms with Gasteiger partial charge < -0.3 is 9.47 Å². The highest BCUT2D eigenvalue weighted by Gasteiger charge is 2.37. The Morgan fingerprint density at radius 1 is 1.08 bits per heavy atom.